The lowest BCUT2D eigenvalue weighted by atomic mass is 10.1. The van der Waals surface area contributed by atoms with Gasteiger partial charge in [-0.1, -0.05) is 30.3 Å². The molecule has 0 aromatic heterocycles. The molecule has 1 aromatic carbocycles. The molecule has 0 spiro atoms. The lowest BCUT2D eigenvalue weighted by molar-refractivity contribution is -0.142. The summed E-state index contributed by atoms with van der Waals surface area (Å²) in [6.45, 7) is 0.807. The summed E-state index contributed by atoms with van der Waals surface area (Å²) in [6, 6.07) is 7.46. The summed E-state index contributed by atoms with van der Waals surface area (Å²) in [5.41, 5.74) is 0.580. The molecule has 18 heavy (non-hydrogen) atoms. The smallest absolute Gasteiger partial charge is 0.330 e. The SMILES string of the molecule is O=C(NC(C(=O)O)c1ccccc1)C1CCCN1. The van der Waals surface area contributed by atoms with Gasteiger partial charge in [-0.25, -0.2) is 4.79 Å². The van der Waals surface area contributed by atoms with Gasteiger partial charge in [0, 0.05) is 0 Å². The molecule has 5 heteroatoms. The summed E-state index contributed by atoms with van der Waals surface area (Å²) in [5.74, 6) is -1.30. The van der Waals surface area contributed by atoms with Gasteiger partial charge in [-0.3, -0.25) is 4.79 Å². The quantitative estimate of drug-likeness (QED) is 0.732. The maximum absolute atomic E-state index is 11.9. The number of carbonyl (C=O) groups excluding carboxylic acids is 1. The van der Waals surface area contributed by atoms with E-state index in [9.17, 15) is 14.7 Å². The van der Waals surface area contributed by atoms with Gasteiger partial charge >= 0.3 is 5.97 Å². The van der Waals surface area contributed by atoms with Gasteiger partial charge in [-0.05, 0) is 24.9 Å². The number of carboxylic acid groups (broad SMARTS) is 1. The fourth-order valence-electron chi connectivity index (χ4n) is 2.08. The number of hydrogen-bond donors (Lipinski definition) is 3. The molecule has 3 N–H and O–H groups in total. The van der Waals surface area contributed by atoms with E-state index in [-0.39, 0.29) is 11.9 Å². The Labute approximate surface area is 105 Å². The maximum Gasteiger partial charge on any atom is 0.330 e. The van der Waals surface area contributed by atoms with Crippen molar-refractivity contribution < 1.29 is 14.7 Å². The zero-order chi connectivity index (χ0) is 13.0. The van der Waals surface area contributed by atoms with Crippen LogP contribution in [0.3, 0.4) is 0 Å². The van der Waals surface area contributed by atoms with Gasteiger partial charge in [0.2, 0.25) is 5.91 Å². The van der Waals surface area contributed by atoms with Gasteiger partial charge < -0.3 is 15.7 Å². The number of rotatable bonds is 4. The molecule has 0 radical (unpaired) electrons. The third-order valence-corrected chi connectivity index (χ3v) is 3.04. The molecule has 0 bridgehead atoms. The Balaban J connectivity index is 2.07. The van der Waals surface area contributed by atoms with Gasteiger partial charge in [0.1, 0.15) is 0 Å². The second-order valence-electron chi connectivity index (χ2n) is 4.34. The van der Waals surface area contributed by atoms with Crippen molar-refractivity contribution >= 4 is 11.9 Å². The highest BCUT2D eigenvalue weighted by molar-refractivity contribution is 5.87. The Morgan fingerprint density at radius 2 is 2.06 bits per heavy atom. The molecule has 2 rings (SSSR count). The van der Waals surface area contributed by atoms with Crippen molar-refractivity contribution in [3.8, 4) is 0 Å². The minimum absolute atomic E-state index is 0.247. The van der Waals surface area contributed by atoms with Crippen molar-refractivity contribution in [3.63, 3.8) is 0 Å². The number of hydrogen-bond acceptors (Lipinski definition) is 3. The van der Waals surface area contributed by atoms with Crippen LogP contribution >= 0.6 is 0 Å². The van der Waals surface area contributed by atoms with Crippen LogP contribution in [0.4, 0.5) is 0 Å². The van der Waals surface area contributed by atoms with Gasteiger partial charge in [0.25, 0.3) is 0 Å². The normalized spacial score (nSPS) is 20.3. The average Bonchev–Trinajstić information content (AvgIpc) is 2.90. The zero-order valence-corrected chi connectivity index (χ0v) is 9.93. The summed E-state index contributed by atoms with van der Waals surface area (Å²) in [4.78, 5) is 23.1. The summed E-state index contributed by atoms with van der Waals surface area (Å²) in [5, 5.41) is 14.8. The topological polar surface area (TPSA) is 78.4 Å². The molecule has 1 aliphatic rings. The van der Waals surface area contributed by atoms with Crippen molar-refractivity contribution in [2.24, 2.45) is 0 Å². The van der Waals surface area contributed by atoms with Gasteiger partial charge in [-0.15, -0.1) is 0 Å². The number of carbonyl (C=O) groups is 2. The fourth-order valence-corrected chi connectivity index (χ4v) is 2.08. The van der Waals surface area contributed by atoms with Crippen LogP contribution in [0.2, 0.25) is 0 Å². The fraction of sp³-hybridized carbons (Fsp3) is 0.385. The summed E-state index contributed by atoms with van der Waals surface area (Å²) in [7, 11) is 0. The first kappa shape index (κ1) is 12.6. The molecule has 1 saturated heterocycles. The van der Waals surface area contributed by atoms with Crippen LogP contribution in [0.25, 0.3) is 0 Å². The van der Waals surface area contributed by atoms with Crippen molar-refractivity contribution in [2.75, 3.05) is 6.54 Å². The second kappa shape index (κ2) is 5.64. The molecular weight excluding hydrogens is 232 g/mol. The number of benzene rings is 1. The highest BCUT2D eigenvalue weighted by atomic mass is 16.4. The molecule has 0 saturated carbocycles. The summed E-state index contributed by atoms with van der Waals surface area (Å²) < 4.78 is 0. The van der Waals surface area contributed by atoms with Crippen molar-refractivity contribution in [1.29, 1.82) is 0 Å². The molecule has 1 amide bonds. The second-order valence-corrected chi connectivity index (χ2v) is 4.34. The maximum atomic E-state index is 11.9. The third kappa shape index (κ3) is 2.87. The van der Waals surface area contributed by atoms with E-state index in [0.29, 0.717) is 5.56 Å². The first-order valence-corrected chi connectivity index (χ1v) is 6.00. The molecule has 2 unspecified atom stereocenters. The Kier molecular flexibility index (Phi) is 3.94. The Bertz CT molecular complexity index is 427. The van der Waals surface area contributed by atoms with Gasteiger partial charge in [0.05, 0.1) is 6.04 Å². The van der Waals surface area contributed by atoms with Crippen LogP contribution in [0.5, 0.6) is 0 Å². The number of nitrogens with one attached hydrogen (secondary N) is 2. The van der Waals surface area contributed by atoms with Gasteiger partial charge in [0.15, 0.2) is 6.04 Å². The molecule has 0 aliphatic carbocycles. The summed E-state index contributed by atoms with van der Waals surface area (Å²) >= 11 is 0. The molecule has 1 fully saturated rings. The zero-order valence-electron chi connectivity index (χ0n) is 9.93. The minimum atomic E-state index is -1.05. The predicted molar refractivity (Wildman–Crippen MR) is 66.0 cm³/mol. The number of aliphatic carboxylic acids is 1. The highest BCUT2D eigenvalue weighted by Crippen LogP contribution is 2.14. The Morgan fingerprint density at radius 1 is 1.33 bits per heavy atom. The monoisotopic (exact) mass is 248 g/mol. The molecule has 2 atom stereocenters. The van der Waals surface area contributed by atoms with E-state index in [4.69, 9.17) is 0 Å². The molecule has 5 nitrogen and oxygen atoms in total. The van der Waals surface area contributed by atoms with E-state index in [1.54, 1.807) is 24.3 Å². The first-order chi connectivity index (χ1) is 8.68. The lowest BCUT2D eigenvalue weighted by Crippen LogP contribution is -2.44. The standard InChI is InChI=1S/C13H16N2O3/c16-12(10-7-4-8-14-10)15-11(13(17)18)9-5-2-1-3-6-9/h1-3,5-6,10-11,14H,4,7-8H2,(H,15,16)(H,17,18). The van der Waals surface area contributed by atoms with E-state index in [2.05, 4.69) is 10.6 Å². The molecule has 96 valence electrons. The van der Waals surface area contributed by atoms with Crippen molar-refractivity contribution in [2.45, 2.75) is 24.9 Å². The van der Waals surface area contributed by atoms with Crippen molar-refractivity contribution in [3.05, 3.63) is 35.9 Å². The van der Waals surface area contributed by atoms with E-state index in [1.807, 2.05) is 6.07 Å². The average molecular weight is 248 g/mol. The number of amides is 1. The Hall–Kier alpha value is -1.88. The van der Waals surface area contributed by atoms with Crippen molar-refractivity contribution in [1.82, 2.24) is 10.6 Å². The van der Waals surface area contributed by atoms with E-state index >= 15 is 0 Å². The Morgan fingerprint density at radius 3 is 2.61 bits per heavy atom. The lowest BCUT2D eigenvalue weighted by Gasteiger charge is -2.17. The predicted octanol–water partition coefficient (Wildman–Crippen LogP) is 0.680. The first-order valence-electron chi connectivity index (χ1n) is 6.00. The van der Waals surface area contributed by atoms with Crippen LogP contribution in [-0.4, -0.2) is 29.6 Å². The van der Waals surface area contributed by atoms with Crippen LogP contribution in [0.15, 0.2) is 30.3 Å². The summed E-state index contributed by atoms with van der Waals surface area (Å²) in [6.07, 6.45) is 1.70. The van der Waals surface area contributed by atoms with Crippen LogP contribution < -0.4 is 10.6 Å². The van der Waals surface area contributed by atoms with E-state index in [1.165, 1.54) is 0 Å². The van der Waals surface area contributed by atoms with Crippen LogP contribution in [0, 0.1) is 0 Å². The molecule has 1 aliphatic heterocycles. The van der Waals surface area contributed by atoms with E-state index in [0.717, 1.165) is 19.4 Å². The largest absolute Gasteiger partial charge is 0.479 e. The third-order valence-electron chi connectivity index (χ3n) is 3.04. The highest BCUT2D eigenvalue weighted by Gasteiger charge is 2.27. The molecular formula is C13H16N2O3. The van der Waals surface area contributed by atoms with Crippen LogP contribution in [-0.2, 0) is 9.59 Å². The molecule has 1 aromatic rings. The number of carboxylic acids is 1. The minimum Gasteiger partial charge on any atom is -0.479 e. The van der Waals surface area contributed by atoms with E-state index < -0.39 is 12.0 Å². The van der Waals surface area contributed by atoms with Crippen LogP contribution in [0.1, 0.15) is 24.4 Å². The molecule has 1 heterocycles. The van der Waals surface area contributed by atoms with Gasteiger partial charge in [-0.2, -0.15) is 0 Å².